The van der Waals surface area contributed by atoms with Gasteiger partial charge in [-0.3, -0.25) is 9.78 Å². The molecule has 0 spiro atoms. The Hall–Kier alpha value is -3.92. The van der Waals surface area contributed by atoms with Crippen LogP contribution < -0.4 is 5.32 Å². The molecule has 0 radical (unpaired) electrons. The zero-order valence-corrected chi connectivity index (χ0v) is 22.9. The lowest BCUT2D eigenvalue weighted by Crippen LogP contribution is -2.57. The topological polar surface area (TPSA) is 91.8 Å². The zero-order chi connectivity index (χ0) is 29.4. The molecule has 1 heterocycles. The molecule has 0 saturated carbocycles. The van der Waals surface area contributed by atoms with E-state index >= 15 is 0 Å². The average Bonchev–Trinajstić information content (AvgIpc) is 2.94. The summed E-state index contributed by atoms with van der Waals surface area (Å²) >= 11 is 0. The second-order valence-electron chi connectivity index (χ2n) is 10.0. The van der Waals surface area contributed by atoms with Crippen molar-refractivity contribution in [2.45, 2.75) is 64.5 Å². The molecular weight excluding hydrogens is 523 g/mol. The van der Waals surface area contributed by atoms with Crippen LogP contribution in [0.5, 0.6) is 0 Å². The van der Waals surface area contributed by atoms with E-state index in [0.717, 1.165) is 16.7 Å². The Morgan fingerprint density at radius 3 is 2.15 bits per heavy atom. The number of carbonyl (C=O) groups is 2. The van der Waals surface area contributed by atoms with Crippen LogP contribution in [0.4, 0.5) is 18.0 Å². The number of nitrogens with zero attached hydrogens (tertiary/aromatic N) is 2. The highest BCUT2D eigenvalue weighted by molar-refractivity contribution is 5.80. The Labute approximate surface area is 232 Å². The molecule has 3 aromatic rings. The van der Waals surface area contributed by atoms with E-state index in [-0.39, 0.29) is 6.61 Å². The minimum absolute atomic E-state index is 0.158. The van der Waals surface area contributed by atoms with E-state index in [1.807, 2.05) is 36.4 Å². The molecule has 7 nitrogen and oxygen atoms in total. The molecule has 0 aliphatic heterocycles. The quantitative estimate of drug-likeness (QED) is 0.282. The number of hydrogen-bond donors (Lipinski definition) is 2. The zero-order valence-electron chi connectivity index (χ0n) is 22.9. The van der Waals surface area contributed by atoms with Crippen molar-refractivity contribution in [3.8, 4) is 11.1 Å². The molecule has 40 heavy (non-hydrogen) atoms. The van der Waals surface area contributed by atoms with Crippen LogP contribution in [0.2, 0.25) is 0 Å². The van der Waals surface area contributed by atoms with Crippen LogP contribution >= 0.6 is 0 Å². The molecule has 0 saturated heterocycles. The maximum Gasteiger partial charge on any atom is 0.407 e. The number of alkyl carbamates (subject to hydrolysis) is 1. The van der Waals surface area contributed by atoms with Gasteiger partial charge in [0.1, 0.15) is 19.0 Å². The predicted molar refractivity (Wildman–Crippen MR) is 145 cm³/mol. The second kappa shape index (κ2) is 13.4. The van der Waals surface area contributed by atoms with Crippen LogP contribution in [0.3, 0.4) is 0 Å². The van der Waals surface area contributed by atoms with Crippen LogP contribution in [0.25, 0.3) is 11.1 Å². The molecule has 0 aliphatic carbocycles. The van der Waals surface area contributed by atoms with Crippen molar-refractivity contribution in [2.75, 3.05) is 6.67 Å². The maximum atomic E-state index is 14.1. The van der Waals surface area contributed by atoms with Crippen molar-refractivity contribution in [3.63, 3.8) is 0 Å². The normalized spacial score (nSPS) is 13.8. The molecule has 3 atom stereocenters. The van der Waals surface area contributed by atoms with Gasteiger partial charge in [0.15, 0.2) is 0 Å². The lowest BCUT2D eigenvalue weighted by molar-refractivity contribution is -0.173. The summed E-state index contributed by atoms with van der Waals surface area (Å²) in [5.41, 5.74) is 1.74. The Bertz CT molecular complexity index is 1250. The number of carbonyl (C=O) groups excluding carboxylic acids is 2. The van der Waals surface area contributed by atoms with Crippen molar-refractivity contribution >= 4 is 12.0 Å². The molecule has 0 fully saturated rings. The number of benzene rings is 2. The highest BCUT2D eigenvalue weighted by Crippen LogP contribution is 2.31. The van der Waals surface area contributed by atoms with Gasteiger partial charge in [-0.25, -0.2) is 9.18 Å². The minimum atomic E-state index is -3.37. The standard InChI is InChI=1S/C30H34F3N3O4/c1-19(26(16-31)36(30(3,4)39)28(37)27(32)33)22-10-12-23(13-11-22)24-14-15-25(34-17-24)20(2)35-29(38)40-18-21-8-6-5-7-9-21/h5-15,17,19-20,26-27,39H,16,18H2,1-4H3,(H,35,38)/t19-,20?,26-/m1/s1. The van der Waals surface area contributed by atoms with E-state index in [4.69, 9.17) is 4.74 Å². The van der Waals surface area contributed by atoms with Gasteiger partial charge in [0.25, 0.3) is 5.91 Å². The average molecular weight is 558 g/mol. The molecular formula is C30H34F3N3O4. The molecule has 0 bridgehead atoms. The van der Waals surface area contributed by atoms with E-state index < -0.39 is 48.8 Å². The van der Waals surface area contributed by atoms with Crippen LogP contribution in [-0.4, -0.2) is 51.9 Å². The first kappa shape index (κ1) is 30.6. The van der Waals surface area contributed by atoms with E-state index in [9.17, 15) is 27.9 Å². The van der Waals surface area contributed by atoms with Gasteiger partial charge >= 0.3 is 12.5 Å². The van der Waals surface area contributed by atoms with Crippen molar-refractivity contribution in [2.24, 2.45) is 0 Å². The number of rotatable bonds is 11. The molecule has 2 amide bonds. The Morgan fingerprint density at radius 2 is 1.62 bits per heavy atom. The van der Waals surface area contributed by atoms with Gasteiger partial charge in [0, 0.05) is 17.7 Å². The van der Waals surface area contributed by atoms with E-state index in [1.165, 1.54) is 13.8 Å². The van der Waals surface area contributed by atoms with Crippen molar-refractivity contribution in [3.05, 3.63) is 89.7 Å². The smallest absolute Gasteiger partial charge is 0.407 e. The largest absolute Gasteiger partial charge is 0.445 e. The van der Waals surface area contributed by atoms with Gasteiger partial charge in [0.2, 0.25) is 0 Å². The Morgan fingerprint density at radius 1 is 1.00 bits per heavy atom. The van der Waals surface area contributed by atoms with Crippen LogP contribution in [0.15, 0.2) is 72.9 Å². The van der Waals surface area contributed by atoms with Crippen molar-refractivity contribution < 1.29 is 32.6 Å². The van der Waals surface area contributed by atoms with E-state index in [1.54, 1.807) is 50.4 Å². The molecule has 0 aliphatic rings. The fourth-order valence-electron chi connectivity index (χ4n) is 4.42. The second-order valence-corrected chi connectivity index (χ2v) is 10.0. The highest BCUT2D eigenvalue weighted by Gasteiger charge is 2.41. The molecule has 1 aromatic heterocycles. The molecule has 2 N–H and O–H groups in total. The number of amides is 2. The number of ether oxygens (including phenoxy) is 1. The van der Waals surface area contributed by atoms with Gasteiger partial charge in [-0.15, -0.1) is 0 Å². The fraction of sp³-hybridized carbons (Fsp3) is 0.367. The van der Waals surface area contributed by atoms with E-state index in [2.05, 4.69) is 10.3 Å². The first-order valence-corrected chi connectivity index (χ1v) is 12.9. The summed E-state index contributed by atoms with van der Waals surface area (Å²) in [7, 11) is 0. The predicted octanol–water partition coefficient (Wildman–Crippen LogP) is 6.00. The Kier molecular flexibility index (Phi) is 10.3. The SMILES string of the molecule is CC(NC(=O)OCc1ccccc1)c1ccc(-c2ccc([C@@H](C)[C@@H](CF)N(C(=O)C(F)F)C(C)(C)O)cc2)cn1. The lowest BCUT2D eigenvalue weighted by Gasteiger charge is -2.41. The first-order valence-electron chi connectivity index (χ1n) is 12.9. The lowest BCUT2D eigenvalue weighted by atomic mass is 9.90. The summed E-state index contributed by atoms with van der Waals surface area (Å²) in [4.78, 5) is 29.2. The van der Waals surface area contributed by atoms with Gasteiger partial charge in [-0.2, -0.15) is 8.78 Å². The molecule has 2 aromatic carbocycles. The third-order valence-corrected chi connectivity index (χ3v) is 6.63. The van der Waals surface area contributed by atoms with E-state index in [0.29, 0.717) is 16.2 Å². The number of halogens is 3. The summed E-state index contributed by atoms with van der Waals surface area (Å²) in [6, 6.07) is 18.3. The highest BCUT2D eigenvalue weighted by atomic mass is 19.3. The summed E-state index contributed by atoms with van der Waals surface area (Å²) < 4.78 is 45.7. The monoisotopic (exact) mass is 557 g/mol. The first-order chi connectivity index (χ1) is 18.9. The third-order valence-electron chi connectivity index (χ3n) is 6.63. The Balaban J connectivity index is 1.66. The molecule has 3 rings (SSSR count). The molecule has 214 valence electrons. The van der Waals surface area contributed by atoms with Crippen LogP contribution in [0, 0.1) is 0 Å². The number of alkyl halides is 3. The number of nitrogens with one attached hydrogen (secondary N) is 1. The van der Waals surface area contributed by atoms with Crippen molar-refractivity contribution in [1.82, 2.24) is 15.2 Å². The number of pyridine rings is 1. The summed E-state index contributed by atoms with van der Waals surface area (Å²) in [6.07, 6.45) is -2.27. The fourth-order valence-corrected chi connectivity index (χ4v) is 4.42. The molecule has 10 heteroatoms. The summed E-state index contributed by atoms with van der Waals surface area (Å²) in [5, 5.41) is 13.1. The van der Waals surface area contributed by atoms with Crippen molar-refractivity contribution in [1.29, 1.82) is 0 Å². The van der Waals surface area contributed by atoms with Gasteiger partial charge < -0.3 is 20.1 Å². The summed E-state index contributed by atoms with van der Waals surface area (Å²) in [5.74, 6) is -2.31. The molecule has 1 unspecified atom stereocenters. The number of hydrogen-bond acceptors (Lipinski definition) is 5. The van der Waals surface area contributed by atoms with Crippen LogP contribution in [0.1, 0.15) is 56.5 Å². The summed E-state index contributed by atoms with van der Waals surface area (Å²) in [6.45, 7) is 4.80. The minimum Gasteiger partial charge on any atom is -0.445 e. The van der Waals surface area contributed by atoms with Gasteiger partial charge in [-0.05, 0) is 43.5 Å². The van der Waals surface area contributed by atoms with Gasteiger partial charge in [-0.1, -0.05) is 67.6 Å². The van der Waals surface area contributed by atoms with Gasteiger partial charge in [0.05, 0.1) is 17.8 Å². The van der Waals surface area contributed by atoms with Crippen LogP contribution in [-0.2, 0) is 16.1 Å². The maximum absolute atomic E-state index is 14.1. The number of aromatic nitrogens is 1. The number of aliphatic hydroxyl groups is 1. The third kappa shape index (κ3) is 7.81.